The zero-order valence-corrected chi connectivity index (χ0v) is 13.9. The normalized spacial score (nSPS) is 22.7. The van der Waals surface area contributed by atoms with E-state index in [1.165, 1.54) is 18.4 Å². The summed E-state index contributed by atoms with van der Waals surface area (Å²) >= 11 is 5.63. The molecule has 22 heavy (non-hydrogen) atoms. The van der Waals surface area contributed by atoms with Crippen LogP contribution in [0.1, 0.15) is 24.4 Å². The highest BCUT2D eigenvalue weighted by atomic mass is 32.1. The molecule has 0 bridgehead atoms. The number of hydrogen-bond donors (Lipinski definition) is 1. The van der Waals surface area contributed by atoms with Gasteiger partial charge in [-0.1, -0.05) is 30.3 Å². The van der Waals surface area contributed by atoms with Crippen molar-refractivity contribution in [1.29, 1.82) is 0 Å². The Morgan fingerprint density at radius 1 is 1.18 bits per heavy atom. The van der Waals surface area contributed by atoms with Gasteiger partial charge in [0.15, 0.2) is 5.11 Å². The second kappa shape index (κ2) is 7.90. The van der Waals surface area contributed by atoms with Crippen LogP contribution < -0.4 is 5.32 Å². The predicted octanol–water partition coefficient (Wildman–Crippen LogP) is 2.03. The van der Waals surface area contributed by atoms with E-state index in [9.17, 15) is 0 Å². The molecule has 2 aliphatic heterocycles. The summed E-state index contributed by atoms with van der Waals surface area (Å²) in [5, 5.41) is 4.35. The number of likely N-dealkylation sites (tertiary alicyclic amines) is 1. The lowest BCUT2D eigenvalue weighted by molar-refractivity contribution is 0.0388. The van der Waals surface area contributed by atoms with Gasteiger partial charge in [0.25, 0.3) is 0 Å². The molecule has 1 N–H and O–H groups in total. The summed E-state index contributed by atoms with van der Waals surface area (Å²) in [6, 6.07) is 11.1. The first-order valence-electron chi connectivity index (χ1n) is 8.24. The minimum Gasteiger partial charge on any atom is -0.379 e. The van der Waals surface area contributed by atoms with Crippen LogP contribution in [-0.4, -0.2) is 60.8 Å². The van der Waals surface area contributed by atoms with Crippen molar-refractivity contribution in [2.24, 2.45) is 0 Å². The smallest absolute Gasteiger partial charge is 0.169 e. The first-order chi connectivity index (χ1) is 10.8. The van der Waals surface area contributed by atoms with Gasteiger partial charge in [0.05, 0.1) is 19.3 Å². The van der Waals surface area contributed by atoms with Crippen LogP contribution in [0.4, 0.5) is 0 Å². The number of thiocarbonyl (C=S) groups is 1. The Morgan fingerprint density at radius 3 is 2.73 bits per heavy atom. The highest BCUT2D eigenvalue weighted by Crippen LogP contribution is 2.31. The molecule has 2 heterocycles. The van der Waals surface area contributed by atoms with Gasteiger partial charge in [0.1, 0.15) is 0 Å². The van der Waals surface area contributed by atoms with E-state index in [0.717, 1.165) is 51.0 Å². The van der Waals surface area contributed by atoms with E-state index in [1.54, 1.807) is 0 Å². The average molecular weight is 319 g/mol. The number of morpholine rings is 1. The second-order valence-corrected chi connectivity index (χ2v) is 6.33. The van der Waals surface area contributed by atoms with Crippen molar-refractivity contribution in [3.8, 4) is 0 Å². The van der Waals surface area contributed by atoms with E-state index < -0.39 is 0 Å². The molecule has 0 aliphatic carbocycles. The van der Waals surface area contributed by atoms with Crippen molar-refractivity contribution in [3.05, 3.63) is 35.9 Å². The van der Waals surface area contributed by atoms with Gasteiger partial charge >= 0.3 is 0 Å². The molecule has 4 nitrogen and oxygen atoms in total. The number of nitrogens with zero attached hydrogens (tertiary/aromatic N) is 2. The first-order valence-corrected chi connectivity index (χ1v) is 8.65. The predicted molar refractivity (Wildman–Crippen MR) is 93.0 cm³/mol. The topological polar surface area (TPSA) is 27.7 Å². The molecule has 1 aromatic rings. The summed E-state index contributed by atoms with van der Waals surface area (Å²) in [7, 11) is 0. The number of hydrogen-bond acceptors (Lipinski definition) is 3. The van der Waals surface area contributed by atoms with Gasteiger partial charge in [-0.3, -0.25) is 4.90 Å². The van der Waals surface area contributed by atoms with Gasteiger partial charge in [-0.2, -0.15) is 0 Å². The largest absolute Gasteiger partial charge is 0.379 e. The highest BCUT2D eigenvalue weighted by Gasteiger charge is 2.27. The van der Waals surface area contributed by atoms with Crippen LogP contribution in [0, 0.1) is 0 Å². The summed E-state index contributed by atoms with van der Waals surface area (Å²) in [6.07, 6.45) is 2.40. The number of ether oxygens (including phenoxy) is 1. The lowest BCUT2D eigenvalue weighted by Gasteiger charge is -2.30. The zero-order chi connectivity index (χ0) is 15.2. The Labute approximate surface area is 138 Å². The zero-order valence-electron chi connectivity index (χ0n) is 13.0. The van der Waals surface area contributed by atoms with Crippen molar-refractivity contribution in [3.63, 3.8) is 0 Å². The third kappa shape index (κ3) is 3.97. The number of nitrogens with one attached hydrogen (secondary N) is 1. The van der Waals surface area contributed by atoms with Crippen molar-refractivity contribution in [2.75, 3.05) is 45.9 Å². The average Bonchev–Trinajstić information content (AvgIpc) is 3.06. The summed E-state index contributed by atoms with van der Waals surface area (Å²) in [5.74, 6) is 0. The number of benzene rings is 1. The summed E-state index contributed by atoms with van der Waals surface area (Å²) in [5.41, 5.74) is 1.37. The Balaban J connectivity index is 1.48. The summed E-state index contributed by atoms with van der Waals surface area (Å²) in [4.78, 5) is 4.78. The molecule has 0 amide bonds. The molecular formula is C17H25N3OS. The van der Waals surface area contributed by atoms with Gasteiger partial charge in [-0.15, -0.1) is 0 Å². The van der Waals surface area contributed by atoms with Gasteiger partial charge in [0.2, 0.25) is 0 Å². The molecule has 3 rings (SSSR count). The third-order valence-corrected chi connectivity index (χ3v) is 4.88. The Morgan fingerprint density at radius 2 is 1.95 bits per heavy atom. The van der Waals surface area contributed by atoms with Crippen LogP contribution in [0.5, 0.6) is 0 Å². The molecule has 1 atom stereocenters. The molecule has 0 radical (unpaired) electrons. The van der Waals surface area contributed by atoms with Gasteiger partial charge in [-0.05, 0) is 30.6 Å². The lowest BCUT2D eigenvalue weighted by Crippen LogP contribution is -2.44. The monoisotopic (exact) mass is 319 g/mol. The summed E-state index contributed by atoms with van der Waals surface area (Å²) in [6.45, 7) is 6.78. The molecule has 0 spiro atoms. The standard InChI is InChI=1S/C17H25N3OS/c22-17(18-8-10-19-11-13-21-14-12-19)20-9-4-7-16(20)15-5-2-1-3-6-15/h1-3,5-6,16H,4,7-14H2,(H,18,22). The fourth-order valence-corrected chi connectivity index (χ4v) is 3.60. The van der Waals surface area contributed by atoms with E-state index in [1.807, 2.05) is 0 Å². The van der Waals surface area contributed by atoms with Crippen LogP contribution in [0.3, 0.4) is 0 Å². The Kier molecular flexibility index (Phi) is 5.64. The minimum absolute atomic E-state index is 0.435. The number of rotatable bonds is 4. The Hall–Kier alpha value is -1.17. The van der Waals surface area contributed by atoms with Gasteiger partial charge in [0, 0.05) is 32.7 Å². The maximum atomic E-state index is 5.63. The molecule has 2 fully saturated rings. The second-order valence-electron chi connectivity index (χ2n) is 5.95. The minimum atomic E-state index is 0.435. The SMILES string of the molecule is S=C(NCCN1CCOCC1)N1CCCC1c1ccccc1. The van der Waals surface area contributed by atoms with Crippen LogP contribution in [0.2, 0.25) is 0 Å². The quantitative estimate of drug-likeness (QED) is 0.857. The lowest BCUT2D eigenvalue weighted by atomic mass is 10.1. The molecule has 1 unspecified atom stereocenters. The van der Waals surface area contributed by atoms with Crippen LogP contribution in [0.15, 0.2) is 30.3 Å². The fourth-order valence-electron chi connectivity index (χ4n) is 3.28. The molecule has 0 aromatic heterocycles. The molecule has 1 aromatic carbocycles. The summed E-state index contributed by atoms with van der Waals surface area (Å²) < 4.78 is 5.38. The van der Waals surface area contributed by atoms with Crippen molar-refractivity contribution in [2.45, 2.75) is 18.9 Å². The fraction of sp³-hybridized carbons (Fsp3) is 0.588. The van der Waals surface area contributed by atoms with Gasteiger partial charge in [-0.25, -0.2) is 0 Å². The van der Waals surface area contributed by atoms with E-state index in [4.69, 9.17) is 17.0 Å². The third-order valence-electron chi connectivity index (χ3n) is 4.51. The molecule has 2 saturated heterocycles. The van der Waals surface area contributed by atoms with Crippen LogP contribution >= 0.6 is 12.2 Å². The van der Waals surface area contributed by atoms with E-state index >= 15 is 0 Å². The van der Waals surface area contributed by atoms with Crippen molar-refractivity contribution in [1.82, 2.24) is 15.1 Å². The van der Waals surface area contributed by atoms with Crippen molar-refractivity contribution < 1.29 is 4.74 Å². The maximum Gasteiger partial charge on any atom is 0.169 e. The molecular weight excluding hydrogens is 294 g/mol. The molecule has 120 valence electrons. The molecule has 2 aliphatic rings. The van der Waals surface area contributed by atoms with Crippen LogP contribution in [0.25, 0.3) is 0 Å². The van der Waals surface area contributed by atoms with Crippen LogP contribution in [-0.2, 0) is 4.74 Å². The van der Waals surface area contributed by atoms with Crippen molar-refractivity contribution >= 4 is 17.3 Å². The highest BCUT2D eigenvalue weighted by molar-refractivity contribution is 7.80. The maximum absolute atomic E-state index is 5.63. The van der Waals surface area contributed by atoms with E-state index in [0.29, 0.717) is 6.04 Å². The van der Waals surface area contributed by atoms with E-state index in [-0.39, 0.29) is 0 Å². The molecule has 0 saturated carbocycles. The first kappa shape index (κ1) is 15.7. The molecule has 5 heteroatoms. The Bertz CT molecular complexity index is 476. The van der Waals surface area contributed by atoms with E-state index in [2.05, 4.69) is 45.4 Å². The van der Waals surface area contributed by atoms with Gasteiger partial charge < -0.3 is 15.0 Å².